The minimum atomic E-state index is -0.602. The summed E-state index contributed by atoms with van der Waals surface area (Å²) in [6, 6.07) is 0.222. The number of hydrogen-bond donors (Lipinski definition) is 3. The van der Waals surface area contributed by atoms with Gasteiger partial charge >= 0.3 is 0 Å². The number of amides is 1. The first kappa shape index (κ1) is 19.5. The fraction of sp³-hybridized carbons (Fsp3) is 0.867. The molecule has 1 saturated carbocycles. The molecule has 1 aliphatic carbocycles. The van der Waals surface area contributed by atoms with Crippen LogP contribution >= 0.6 is 24.0 Å². The van der Waals surface area contributed by atoms with Crippen molar-refractivity contribution in [3.05, 3.63) is 0 Å². The normalized spacial score (nSPS) is 25.4. The summed E-state index contributed by atoms with van der Waals surface area (Å²) in [5.41, 5.74) is -0.602. The Morgan fingerprint density at radius 1 is 1.41 bits per heavy atom. The fourth-order valence-electron chi connectivity index (χ4n) is 3.15. The van der Waals surface area contributed by atoms with Crippen LogP contribution in [0.3, 0.4) is 0 Å². The van der Waals surface area contributed by atoms with E-state index in [9.17, 15) is 9.90 Å². The van der Waals surface area contributed by atoms with E-state index >= 15 is 0 Å². The van der Waals surface area contributed by atoms with Gasteiger partial charge in [-0.05, 0) is 19.3 Å². The van der Waals surface area contributed by atoms with Gasteiger partial charge in [-0.3, -0.25) is 9.79 Å². The van der Waals surface area contributed by atoms with E-state index in [2.05, 4.69) is 15.6 Å². The summed E-state index contributed by atoms with van der Waals surface area (Å²) in [5.74, 6) is 0.911. The van der Waals surface area contributed by atoms with Gasteiger partial charge in [-0.25, -0.2) is 0 Å². The predicted molar refractivity (Wildman–Crippen MR) is 98.6 cm³/mol. The second-order valence-electron chi connectivity index (χ2n) is 6.36. The number of piperidine rings is 1. The summed E-state index contributed by atoms with van der Waals surface area (Å²) in [7, 11) is 3.56. The number of carbonyl (C=O) groups is 1. The van der Waals surface area contributed by atoms with Crippen molar-refractivity contribution >= 4 is 35.8 Å². The van der Waals surface area contributed by atoms with E-state index in [0.29, 0.717) is 25.5 Å². The second-order valence-corrected chi connectivity index (χ2v) is 6.36. The maximum Gasteiger partial charge on any atom is 0.222 e. The molecular formula is C15H29IN4O2. The van der Waals surface area contributed by atoms with E-state index in [0.717, 1.165) is 32.1 Å². The first-order valence-electron chi connectivity index (χ1n) is 7.96. The van der Waals surface area contributed by atoms with Gasteiger partial charge in [-0.1, -0.05) is 19.3 Å². The van der Waals surface area contributed by atoms with Crippen LogP contribution in [0.1, 0.15) is 44.9 Å². The summed E-state index contributed by atoms with van der Waals surface area (Å²) in [6.07, 6.45) is 6.54. The summed E-state index contributed by atoms with van der Waals surface area (Å²) in [6.45, 7) is 1.23. The minimum absolute atomic E-state index is 0. The van der Waals surface area contributed by atoms with Crippen molar-refractivity contribution in [3.63, 3.8) is 0 Å². The molecule has 0 radical (unpaired) electrons. The Bertz CT molecular complexity index is 397. The van der Waals surface area contributed by atoms with Gasteiger partial charge in [0, 0.05) is 39.6 Å². The van der Waals surface area contributed by atoms with Gasteiger partial charge in [0.15, 0.2) is 5.96 Å². The third-order valence-electron chi connectivity index (χ3n) is 4.56. The zero-order valence-corrected chi connectivity index (χ0v) is 15.9. The molecule has 0 spiro atoms. The highest BCUT2D eigenvalue weighted by Crippen LogP contribution is 2.27. The van der Waals surface area contributed by atoms with Gasteiger partial charge in [0.05, 0.1) is 5.60 Å². The molecule has 2 aliphatic rings. The van der Waals surface area contributed by atoms with Crippen molar-refractivity contribution < 1.29 is 9.90 Å². The zero-order chi connectivity index (χ0) is 15.3. The lowest BCUT2D eigenvalue weighted by Gasteiger charge is -2.34. The minimum Gasteiger partial charge on any atom is -0.388 e. The van der Waals surface area contributed by atoms with Gasteiger partial charge in [-0.15, -0.1) is 24.0 Å². The second kappa shape index (κ2) is 8.90. The standard InChI is InChI=1S/C15H28N4O2.HI/c1-16-14(17-11-15(21)8-4-3-5-9-15)18-12-6-7-13(20)19(2)10-12;/h12,21H,3-11H2,1-2H3,(H2,16,17,18);1H. The largest absolute Gasteiger partial charge is 0.388 e. The molecule has 6 nitrogen and oxygen atoms in total. The molecule has 22 heavy (non-hydrogen) atoms. The number of aliphatic imine (C=N–C) groups is 1. The lowest BCUT2D eigenvalue weighted by Crippen LogP contribution is -2.54. The van der Waals surface area contributed by atoms with Gasteiger partial charge in [0.25, 0.3) is 0 Å². The highest BCUT2D eigenvalue weighted by Gasteiger charge is 2.29. The van der Waals surface area contributed by atoms with Gasteiger partial charge < -0.3 is 20.6 Å². The molecule has 3 N–H and O–H groups in total. The summed E-state index contributed by atoms with van der Waals surface area (Å²) >= 11 is 0. The molecule has 7 heteroatoms. The van der Waals surface area contributed by atoms with E-state index < -0.39 is 5.60 Å². The van der Waals surface area contributed by atoms with Crippen LogP contribution in [0.5, 0.6) is 0 Å². The number of carbonyl (C=O) groups excluding carboxylic acids is 1. The Labute approximate surface area is 150 Å². The molecule has 1 amide bonds. The number of hydrogen-bond acceptors (Lipinski definition) is 3. The summed E-state index contributed by atoms with van der Waals surface area (Å²) in [4.78, 5) is 17.5. The van der Waals surface area contributed by atoms with Crippen molar-refractivity contribution in [2.24, 2.45) is 4.99 Å². The van der Waals surface area contributed by atoms with Crippen molar-refractivity contribution in [1.29, 1.82) is 0 Å². The molecular weight excluding hydrogens is 395 g/mol. The van der Waals surface area contributed by atoms with Gasteiger partial charge in [-0.2, -0.15) is 0 Å². The third kappa shape index (κ3) is 5.57. The SMILES string of the molecule is CN=C(NCC1(O)CCCCC1)NC1CCC(=O)N(C)C1.I. The van der Waals surface area contributed by atoms with Crippen molar-refractivity contribution in [1.82, 2.24) is 15.5 Å². The maximum atomic E-state index is 11.5. The lowest BCUT2D eigenvalue weighted by molar-refractivity contribution is -0.132. The lowest BCUT2D eigenvalue weighted by atomic mass is 9.85. The van der Waals surface area contributed by atoms with E-state index in [4.69, 9.17) is 0 Å². The van der Waals surface area contributed by atoms with Crippen LogP contribution < -0.4 is 10.6 Å². The molecule has 0 aromatic heterocycles. The van der Waals surface area contributed by atoms with E-state index in [1.165, 1.54) is 6.42 Å². The summed E-state index contributed by atoms with van der Waals surface area (Å²) < 4.78 is 0. The molecule has 0 aromatic carbocycles. The molecule has 1 heterocycles. The Morgan fingerprint density at radius 3 is 2.68 bits per heavy atom. The van der Waals surface area contributed by atoms with Crippen LogP contribution in [-0.4, -0.2) is 60.7 Å². The topological polar surface area (TPSA) is 77.0 Å². The molecule has 1 aliphatic heterocycles. The van der Waals surface area contributed by atoms with Crippen molar-refractivity contribution in [3.8, 4) is 0 Å². The Kier molecular flexibility index (Phi) is 7.88. The number of nitrogens with one attached hydrogen (secondary N) is 2. The average molecular weight is 424 g/mol. The van der Waals surface area contributed by atoms with Gasteiger partial charge in [0.1, 0.15) is 0 Å². The molecule has 0 bridgehead atoms. The number of guanidine groups is 1. The van der Waals surface area contributed by atoms with E-state index in [-0.39, 0.29) is 35.9 Å². The Balaban J connectivity index is 0.00000242. The average Bonchev–Trinajstić information content (AvgIpc) is 2.48. The van der Waals surface area contributed by atoms with Crippen LogP contribution in [0.2, 0.25) is 0 Å². The number of nitrogens with zero attached hydrogens (tertiary/aromatic N) is 2. The van der Waals surface area contributed by atoms with Crippen LogP contribution in [-0.2, 0) is 4.79 Å². The Morgan fingerprint density at radius 2 is 2.09 bits per heavy atom. The maximum absolute atomic E-state index is 11.5. The van der Waals surface area contributed by atoms with E-state index in [1.54, 1.807) is 11.9 Å². The first-order chi connectivity index (χ1) is 10.0. The molecule has 128 valence electrons. The molecule has 1 saturated heterocycles. The van der Waals surface area contributed by atoms with Crippen molar-refractivity contribution in [2.45, 2.75) is 56.6 Å². The van der Waals surface area contributed by atoms with Gasteiger partial charge in [0.2, 0.25) is 5.91 Å². The first-order valence-corrected chi connectivity index (χ1v) is 7.96. The number of halogens is 1. The van der Waals surface area contributed by atoms with Crippen LogP contribution in [0.4, 0.5) is 0 Å². The Hall–Kier alpha value is -0.570. The number of likely N-dealkylation sites (N-methyl/N-ethyl adjacent to an activating group) is 1. The molecule has 1 atom stereocenters. The highest BCUT2D eigenvalue weighted by molar-refractivity contribution is 14.0. The number of likely N-dealkylation sites (tertiary alicyclic amines) is 1. The number of rotatable bonds is 3. The molecule has 0 aromatic rings. The fourth-order valence-corrected chi connectivity index (χ4v) is 3.15. The van der Waals surface area contributed by atoms with Crippen LogP contribution in [0, 0.1) is 0 Å². The smallest absolute Gasteiger partial charge is 0.222 e. The monoisotopic (exact) mass is 424 g/mol. The summed E-state index contributed by atoms with van der Waals surface area (Å²) in [5, 5.41) is 17.1. The highest BCUT2D eigenvalue weighted by atomic mass is 127. The van der Waals surface area contributed by atoms with Crippen LogP contribution in [0.15, 0.2) is 4.99 Å². The van der Waals surface area contributed by atoms with E-state index in [1.807, 2.05) is 7.05 Å². The predicted octanol–water partition coefficient (Wildman–Crippen LogP) is 1.09. The third-order valence-corrected chi connectivity index (χ3v) is 4.56. The molecule has 2 fully saturated rings. The quantitative estimate of drug-likeness (QED) is 0.360. The van der Waals surface area contributed by atoms with Crippen molar-refractivity contribution in [2.75, 3.05) is 27.2 Å². The number of aliphatic hydroxyl groups is 1. The molecule has 1 unspecified atom stereocenters. The van der Waals surface area contributed by atoms with Crippen LogP contribution in [0.25, 0.3) is 0 Å². The molecule has 2 rings (SSSR count). The zero-order valence-electron chi connectivity index (χ0n) is 13.6.